The summed E-state index contributed by atoms with van der Waals surface area (Å²) >= 11 is 0. The number of methoxy groups -OCH3 is 1. The summed E-state index contributed by atoms with van der Waals surface area (Å²) in [7, 11) is 1.32. The van der Waals surface area contributed by atoms with Crippen LogP contribution in [-0.4, -0.2) is 30.8 Å². The Kier molecular flexibility index (Phi) is 5.61. The van der Waals surface area contributed by atoms with Gasteiger partial charge >= 0.3 is 5.97 Å². The molecule has 2 rings (SSSR count). The van der Waals surface area contributed by atoms with Gasteiger partial charge in [-0.05, 0) is 30.7 Å². The Bertz CT molecular complexity index is 594. The van der Waals surface area contributed by atoms with Gasteiger partial charge in [0.1, 0.15) is 5.76 Å². The Morgan fingerprint density at radius 2 is 2.00 bits per heavy atom. The van der Waals surface area contributed by atoms with Crippen LogP contribution in [0.1, 0.15) is 29.7 Å². The van der Waals surface area contributed by atoms with Gasteiger partial charge in [-0.2, -0.15) is 0 Å². The second kappa shape index (κ2) is 7.66. The number of benzene rings is 1. The first kappa shape index (κ1) is 16.1. The number of aliphatic hydroxyl groups is 1. The van der Waals surface area contributed by atoms with Gasteiger partial charge < -0.3 is 19.2 Å². The predicted molar refractivity (Wildman–Crippen MR) is 83.8 cm³/mol. The first-order valence-corrected chi connectivity index (χ1v) is 7.29. The molecule has 118 valence electrons. The van der Waals surface area contributed by atoms with Gasteiger partial charge in [-0.1, -0.05) is 25.1 Å². The van der Waals surface area contributed by atoms with Gasteiger partial charge in [0.25, 0.3) is 0 Å². The van der Waals surface area contributed by atoms with Crippen molar-refractivity contribution in [3.63, 3.8) is 0 Å². The van der Waals surface area contributed by atoms with Crippen LogP contribution in [0.4, 0.5) is 5.69 Å². The third-order valence-electron chi connectivity index (χ3n) is 3.42. The zero-order valence-electron chi connectivity index (χ0n) is 12.9. The smallest absolute Gasteiger partial charge is 0.373 e. The molecule has 1 N–H and O–H groups in total. The van der Waals surface area contributed by atoms with Gasteiger partial charge in [0.2, 0.25) is 5.76 Å². The van der Waals surface area contributed by atoms with E-state index in [1.54, 1.807) is 12.1 Å². The van der Waals surface area contributed by atoms with Crippen molar-refractivity contribution in [3.8, 4) is 0 Å². The van der Waals surface area contributed by atoms with Crippen LogP contribution in [0.25, 0.3) is 0 Å². The molecule has 0 saturated carbocycles. The van der Waals surface area contributed by atoms with Gasteiger partial charge in [0.05, 0.1) is 19.8 Å². The van der Waals surface area contributed by atoms with E-state index in [0.29, 0.717) is 25.3 Å². The highest BCUT2D eigenvalue weighted by atomic mass is 16.5. The van der Waals surface area contributed by atoms with Crippen molar-refractivity contribution in [1.82, 2.24) is 0 Å². The zero-order valence-corrected chi connectivity index (χ0v) is 12.9. The van der Waals surface area contributed by atoms with Crippen LogP contribution in [0.2, 0.25) is 0 Å². The predicted octanol–water partition coefficient (Wildman–Crippen LogP) is 2.84. The van der Waals surface area contributed by atoms with E-state index >= 15 is 0 Å². The zero-order chi connectivity index (χ0) is 15.9. The molecule has 22 heavy (non-hydrogen) atoms. The van der Waals surface area contributed by atoms with Crippen molar-refractivity contribution >= 4 is 11.7 Å². The molecule has 0 aliphatic carbocycles. The van der Waals surface area contributed by atoms with Crippen LogP contribution in [0, 0.1) is 0 Å². The van der Waals surface area contributed by atoms with E-state index in [1.807, 2.05) is 42.2 Å². The molecular formula is C17H21NO4. The number of carbonyl (C=O) groups is 1. The van der Waals surface area contributed by atoms with Gasteiger partial charge in [-0.25, -0.2) is 4.79 Å². The molecule has 2 aromatic rings. The summed E-state index contributed by atoms with van der Waals surface area (Å²) < 4.78 is 10.1. The maximum absolute atomic E-state index is 11.4. The molecule has 1 aromatic heterocycles. The number of rotatable bonds is 7. The van der Waals surface area contributed by atoms with Gasteiger partial charge in [0, 0.05) is 12.2 Å². The Hall–Kier alpha value is -2.27. The van der Waals surface area contributed by atoms with Crippen LogP contribution in [-0.2, 0) is 11.3 Å². The minimum Gasteiger partial charge on any atom is -0.463 e. The molecular weight excluding hydrogens is 282 g/mol. The van der Waals surface area contributed by atoms with E-state index < -0.39 is 12.1 Å². The highest BCUT2D eigenvalue weighted by molar-refractivity contribution is 5.86. The van der Waals surface area contributed by atoms with Crippen molar-refractivity contribution in [1.29, 1.82) is 0 Å². The molecule has 1 aromatic carbocycles. The number of carbonyl (C=O) groups excluding carboxylic acids is 1. The summed E-state index contributed by atoms with van der Waals surface area (Å²) in [6.07, 6.45) is 0.254. The lowest BCUT2D eigenvalue weighted by molar-refractivity contribution is 0.0563. The van der Waals surface area contributed by atoms with Gasteiger partial charge in [-0.3, -0.25) is 0 Å². The second-order valence-electron chi connectivity index (χ2n) is 5.04. The summed E-state index contributed by atoms with van der Waals surface area (Å²) in [5.74, 6) is 0.334. The van der Waals surface area contributed by atoms with Crippen LogP contribution in [0.5, 0.6) is 0 Å². The SMILES string of the molecule is CCC(O)CN(Cc1ccc(C(=O)OC)o1)c1ccccc1. The second-order valence-corrected chi connectivity index (χ2v) is 5.04. The Balaban J connectivity index is 2.15. The quantitative estimate of drug-likeness (QED) is 0.797. The number of ether oxygens (including phenoxy) is 1. The number of para-hydroxylation sites is 1. The fourth-order valence-electron chi connectivity index (χ4n) is 2.14. The number of nitrogens with zero attached hydrogens (tertiary/aromatic N) is 1. The summed E-state index contributed by atoms with van der Waals surface area (Å²) in [6.45, 7) is 2.91. The molecule has 5 heteroatoms. The number of hydrogen-bond donors (Lipinski definition) is 1. The lowest BCUT2D eigenvalue weighted by atomic mass is 10.2. The average Bonchev–Trinajstić information content (AvgIpc) is 3.02. The lowest BCUT2D eigenvalue weighted by Crippen LogP contribution is -2.31. The van der Waals surface area contributed by atoms with E-state index in [1.165, 1.54) is 7.11 Å². The summed E-state index contributed by atoms with van der Waals surface area (Å²) in [5.41, 5.74) is 0.992. The lowest BCUT2D eigenvalue weighted by Gasteiger charge is -2.26. The number of hydrogen-bond acceptors (Lipinski definition) is 5. The van der Waals surface area contributed by atoms with E-state index in [-0.39, 0.29) is 5.76 Å². The van der Waals surface area contributed by atoms with Crippen molar-refractivity contribution in [2.75, 3.05) is 18.6 Å². The average molecular weight is 303 g/mol. The molecule has 0 amide bonds. The minimum absolute atomic E-state index is 0.182. The third-order valence-corrected chi connectivity index (χ3v) is 3.42. The molecule has 0 saturated heterocycles. The maximum Gasteiger partial charge on any atom is 0.373 e. The molecule has 0 aliphatic heterocycles. The molecule has 0 aliphatic rings. The monoisotopic (exact) mass is 303 g/mol. The number of esters is 1. The van der Waals surface area contributed by atoms with E-state index in [9.17, 15) is 9.90 Å². The standard InChI is InChI=1S/C17H21NO4/c1-3-14(19)11-18(13-7-5-4-6-8-13)12-15-9-10-16(22-15)17(20)21-2/h4-10,14,19H,3,11-12H2,1-2H3. The van der Waals surface area contributed by atoms with Crippen LogP contribution in [0.3, 0.4) is 0 Å². The van der Waals surface area contributed by atoms with Crippen LogP contribution in [0.15, 0.2) is 46.9 Å². The maximum atomic E-state index is 11.4. The highest BCUT2D eigenvalue weighted by Crippen LogP contribution is 2.19. The summed E-state index contributed by atoms with van der Waals surface area (Å²) in [4.78, 5) is 13.5. The Morgan fingerprint density at radius 3 is 2.64 bits per heavy atom. The topological polar surface area (TPSA) is 62.9 Å². The Morgan fingerprint density at radius 1 is 1.27 bits per heavy atom. The fourth-order valence-corrected chi connectivity index (χ4v) is 2.14. The minimum atomic E-state index is -0.494. The van der Waals surface area contributed by atoms with Crippen molar-refractivity contribution in [3.05, 3.63) is 54.0 Å². The third kappa shape index (κ3) is 4.11. The normalized spacial score (nSPS) is 12.0. The first-order chi connectivity index (χ1) is 10.6. The first-order valence-electron chi connectivity index (χ1n) is 7.29. The molecule has 5 nitrogen and oxygen atoms in total. The number of aliphatic hydroxyl groups excluding tert-OH is 1. The molecule has 0 fully saturated rings. The van der Waals surface area contributed by atoms with Crippen molar-refractivity contribution in [2.45, 2.75) is 26.0 Å². The van der Waals surface area contributed by atoms with Crippen molar-refractivity contribution in [2.24, 2.45) is 0 Å². The van der Waals surface area contributed by atoms with E-state index in [0.717, 1.165) is 5.69 Å². The summed E-state index contributed by atoms with van der Waals surface area (Å²) in [6, 6.07) is 13.1. The molecule has 1 unspecified atom stereocenters. The largest absolute Gasteiger partial charge is 0.463 e. The molecule has 1 heterocycles. The van der Waals surface area contributed by atoms with Crippen LogP contribution < -0.4 is 4.90 Å². The molecule has 1 atom stereocenters. The number of furan rings is 1. The van der Waals surface area contributed by atoms with Gasteiger partial charge in [-0.15, -0.1) is 0 Å². The Labute approximate surface area is 130 Å². The van der Waals surface area contributed by atoms with Crippen molar-refractivity contribution < 1.29 is 19.1 Å². The summed E-state index contributed by atoms with van der Waals surface area (Å²) in [5, 5.41) is 9.95. The van der Waals surface area contributed by atoms with E-state index in [2.05, 4.69) is 4.74 Å². The van der Waals surface area contributed by atoms with E-state index in [4.69, 9.17) is 4.42 Å². The molecule has 0 spiro atoms. The van der Waals surface area contributed by atoms with Gasteiger partial charge in [0.15, 0.2) is 0 Å². The molecule has 0 radical (unpaired) electrons. The highest BCUT2D eigenvalue weighted by Gasteiger charge is 2.16. The molecule has 0 bridgehead atoms. The number of anilines is 1. The van der Waals surface area contributed by atoms with Crippen LogP contribution >= 0.6 is 0 Å². The fraction of sp³-hybridized carbons (Fsp3) is 0.353.